The molecule has 1 atom stereocenters. The fourth-order valence-corrected chi connectivity index (χ4v) is 4.04. The van der Waals surface area contributed by atoms with Crippen molar-refractivity contribution in [1.29, 1.82) is 0 Å². The average molecular weight is 476 g/mol. The number of hydrogen-bond donors (Lipinski definition) is 4. The van der Waals surface area contributed by atoms with E-state index in [4.69, 9.17) is 33.8 Å². The Labute approximate surface area is 191 Å². The number of aromatic nitrogens is 4. The molecule has 0 bridgehead atoms. The van der Waals surface area contributed by atoms with Crippen molar-refractivity contribution in [3.05, 3.63) is 66.9 Å². The number of nitrogens with zero attached hydrogens (tertiary/aromatic N) is 3. The van der Waals surface area contributed by atoms with E-state index in [0.29, 0.717) is 35.4 Å². The zero-order chi connectivity index (χ0) is 22.7. The Morgan fingerprint density at radius 2 is 2.09 bits per heavy atom. The predicted molar refractivity (Wildman–Crippen MR) is 122 cm³/mol. The Morgan fingerprint density at radius 1 is 1.34 bits per heavy atom. The molecule has 166 valence electrons. The third kappa shape index (κ3) is 3.36. The third-order valence-corrected chi connectivity index (χ3v) is 5.96. The van der Waals surface area contributed by atoms with Gasteiger partial charge in [0.05, 0.1) is 16.8 Å². The molecule has 0 aliphatic carbocycles. The smallest absolute Gasteiger partial charge is 0.349 e. The van der Waals surface area contributed by atoms with Gasteiger partial charge in [-0.15, -0.1) is 0 Å². The first-order valence-corrected chi connectivity index (χ1v) is 10.6. The van der Waals surface area contributed by atoms with Crippen LogP contribution in [0.1, 0.15) is 42.6 Å². The highest BCUT2D eigenvalue weighted by Crippen LogP contribution is 2.47. The largest absolute Gasteiger partial charge is 0.436 e. The van der Waals surface area contributed by atoms with Gasteiger partial charge >= 0.3 is 5.69 Å². The summed E-state index contributed by atoms with van der Waals surface area (Å²) in [5.41, 5.74) is 7.64. The SMILES string of the molecule is CC(C)c1c[nH]c(N)c1/C=C1/Oc2c(Cl)cc(-n3nc(C4CN4)c(=O)[nH]c3=O)cc2N1Cl. The van der Waals surface area contributed by atoms with E-state index in [0.717, 1.165) is 15.8 Å². The van der Waals surface area contributed by atoms with Crippen LogP contribution in [0.3, 0.4) is 0 Å². The van der Waals surface area contributed by atoms with Crippen LogP contribution in [-0.4, -0.2) is 26.3 Å². The first-order valence-electron chi connectivity index (χ1n) is 9.87. The number of benzene rings is 1. The molecule has 0 radical (unpaired) electrons. The Morgan fingerprint density at radius 3 is 2.78 bits per heavy atom. The van der Waals surface area contributed by atoms with Crippen LogP contribution < -0.4 is 31.5 Å². The molecule has 0 amide bonds. The number of ether oxygens (including phenoxy) is 1. The molecular weight excluding hydrogens is 457 g/mol. The monoisotopic (exact) mass is 475 g/mol. The van der Waals surface area contributed by atoms with E-state index in [2.05, 4.69) is 34.2 Å². The first-order chi connectivity index (χ1) is 15.2. The highest BCUT2D eigenvalue weighted by atomic mass is 35.5. The van der Waals surface area contributed by atoms with Crippen molar-refractivity contribution in [2.24, 2.45) is 0 Å². The number of hydrogen-bond acceptors (Lipinski definition) is 7. The number of fused-ring (bicyclic) bond motifs is 1. The van der Waals surface area contributed by atoms with Gasteiger partial charge in [-0.2, -0.15) is 9.78 Å². The fourth-order valence-electron chi connectivity index (χ4n) is 3.58. The van der Waals surface area contributed by atoms with Crippen molar-refractivity contribution in [3.63, 3.8) is 0 Å². The summed E-state index contributed by atoms with van der Waals surface area (Å²) in [4.78, 5) is 29.8. The van der Waals surface area contributed by atoms with Gasteiger partial charge in [0.15, 0.2) is 5.75 Å². The van der Waals surface area contributed by atoms with Crippen molar-refractivity contribution in [1.82, 2.24) is 25.1 Å². The van der Waals surface area contributed by atoms with Crippen LogP contribution in [0.4, 0.5) is 11.5 Å². The van der Waals surface area contributed by atoms with E-state index in [9.17, 15) is 9.59 Å². The molecule has 32 heavy (non-hydrogen) atoms. The molecule has 4 heterocycles. The van der Waals surface area contributed by atoms with Crippen molar-refractivity contribution in [2.75, 3.05) is 16.7 Å². The maximum atomic E-state index is 12.4. The van der Waals surface area contributed by atoms with E-state index >= 15 is 0 Å². The van der Waals surface area contributed by atoms with Gasteiger partial charge in [0.1, 0.15) is 17.2 Å². The summed E-state index contributed by atoms with van der Waals surface area (Å²) in [6.07, 6.45) is 3.57. The number of nitrogen functional groups attached to an aromatic ring is 1. The molecule has 2 aromatic heterocycles. The van der Waals surface area contributed by atoms with Gasteiger partial charge in [-0.3, -0.25) is 9.78 Å². The molecule has 2 aliphatic rings. The summed E-state index contributed by atoms with van der Waals surface area (Å²) in [5, 5.41) is 7.45. The lowest BCUT2D eigenvalue weighted by molar-refractivity contribution is 0.455. The normalized spacial score (nSPS) is 18.3. The molecule has 10 nitrogen and oxygen atoms in total. The van der Waals surface area contributed by atoms with E-state index in [1.807, 2.05) is 6.20 Å². The van der Waals surface area contributed by atoms with Crippen molar-refractivity contribution in [3.8, 4) is 11.4 Å². The summed E-state index contributed by atoms with van der Waals surface area (Å²) in [7, 11) is 0. The van der Waals surface area contributed by atoms with Crippen molar-refractivity contribution >= 4 is 41.0 Å². The number of halogens is 2. The van der Waals surface area contributed by atoms with Gasteiger partial charge in [-0.05, 0) is 23.6 Å². The van der Waals surface area contributed by atoms with Crippen LogP contribution in [0.15, 0.2) is 33.8 Å². The minimum Gasteiger partial charge on any atom is -0.436 e. The van der Waals surface area contributed by atoms with Crippen LogP contribution in [-0.2, 0) is 0 Å². The topological polar surface area (TPSA) is 144 Å². The predicted octanol–water partition coefficient (Wildman–Crippen LogP) is 2.60. The second-order valence-electron chi connectivity index (χ2n) is 7.88. The Kier molecular flexibility index (Phi) is 4.81. The van der Waals surface area contributed by atoms with Crippen LogP contribution in [0.5, 0.6) is 5.75 Å². The van der Waals surface area contributed by atoms with Gasteiger partial charge in [0, 0.05) is 36.2 Å². The van der Waals surface area contributed by atoms with Gasteiger partial charge in [-0.1, -0.05) is 25.4 Å². The van der Waals surface area contributed by atoms with Crippen molar-refractivity contribution in [2.45, 2.75) is 25.8 Å². The summed E-state index contributed by atoms with van der Waals surface area (Å²) >= 11 is 13.0. The number of H-pyrrole nitrogens is 2. The minimum atomic E-state index is -0.687. The molecule has 3 aromatic rings. The lowest BCUT2D eigenvalue weighted by Gasteiger charge is -2.11. The Hall–Kier alpha value is -3.21. The summed E-state index contributed by atoms with van der Waals surface area (Å²) < 4.78 is 8.28. The molecule has 12 heteroatoms. The van der Waals surface area contributed by atoms with E-state index in [-0.39, 0.29) is 22.7 Å². The maximum absolute atomic E-state index is 12.4. The Bertz CT molecular complexity index is 1380. The molecule has 5 N–H and O–H groups in total. The van der Waals surface area contributed by atoms with Crippen LogP contribution >= 0.6 is 23.4 Å². The molecule has 0 spiro atoms. The third-order valence-electron chi connectivity index (χ3n) is 5.33. The first kappa shape index (κ1) is 20.7. The molecule has 1 fully saturated rings. The maximum Gasteiger partial charge on any atom is 0.349 e. The van der Waals surface area contributed by atoms with Gasteiger partial charge in [0.25, 0.3) is 5.56 Å². The molecule has 1 unspecified atom stereocenters. The highest BCUT2D eigenvalue weighted by molar-refractivity contribution is 6.34. The second kappa shape index (κ2) is 7.44. The van der Waals surface area contributed by atoms with E-state index in [1.165, 1.54) is 10.5 Å². The fraction of sp³-hybridized carbons (Fsp3) is 0.250. The van der Waals surface area contributed by atoms with Crippen LogP contribution in [0.2, 0.25) is 5.02 Å². The quantitative estimate of drug-likeness (QED) is 0.335. The number of nitrogens with one attached hydrogen (secondary N) is 3. The molecule has 2 aliphatic heterocycles. The number of rotatable bonds is 4. The summed E-state index contributed by atoms with van der Waals surface area (Å²) in [6.45, 7) is 4.73. The van der Waals surface area contributed by atoms with Gasteiger partial charge in [0.2, 0.25) is 5.88 Å². The molecule has 0 saturated carbocycles. The Balaban J connectivity index is 1.58. The number of anilines is 2. The summed E-state index contributed by atoms with van der Waals surface area (Å²) in [6, 6.07) is 2.95. The molecule has 1 saturated heterocycles. The molecule has 5 rings (SSSR count). The lowest BCUT2D eigenvalue weighted by atomic mass is 10.0. The average Bonchev–Trinajstić information content (AvgIpc) is 3.44. The number of aromatic amines is 2. The zero-order valence-corrected chi connectivity index (χ0v) is 18.6. The zero-order valence-electron chi connectivity index (χ0n) is 17.1. The van der Waals surface area contributed by atoms with Gasteiger partial charge in [-0.25, -0.2) is 9.21 Å². The number of nitrogens with two attached hydrogens (primary N) is 1. The minimum absolute atomic E-state index is 0.181. The second-order valence-corrected chi connectivity index (χ2v) is 8.63. The van der Waals surface area contributed by atoms with E-state index in [1.54, 1.807) is 12.1 Å². The van der Waals surface area contributed by atoms with Crippen molar-refractivity contribution < 1.29 is 4.74 Å². The lowest BCUT2D eigenvalue weighted by Crippen LogP contribution is -2.34. The highest BCUT2D eigenvalue weighted by Gasteiger charge is 2.31. The summed E-state index contributed by atoms with van der Waals surface area (Å²) in [5.74, 6) is 1.35. The van der Waals surface area contributed by atoms with Gasteiger partial charge < -0.3 is 20.8 Å². The molecular formula is C20H19Cl2N7O3. The van der Waals surface area contributed by atoms with Crippen LogP contribution in [0.25, 0.3) is 11.8 Å². The standard InChI is InChI=1S/C20H19Cl2N7O3/c1-8(2)11-6-25-18(23)10(11)5-15-28(22)14-4-9(3-12(21)17(14)32-15)29-20(31)26-19(30)16(27-29)13-7-24-13/h3-6,8,13,24-25H,7,23H2,1-2H3,(H,26,30,31)/b15-5+. The van der Waals surface area contributed by atoms with Crippen LogP contribution in [0, 0.1) is 0 Å². The van der Waals surface area contributed by atoms with E-state index < -0.39 is 11.2 Å². The molecule has 1 aromatic carbocycles.